The molecule has 2 nitrogen and oxygen atoms in total. The molecule has 0 atom stereocenters. The Bertz CT molecular complexity index is 919. The normalized spacial score (nSPS) is 11.4. The first-order valence-corrected chi connectivity index (χ1v) is 7.71. The molecular formula is C15H8FNOS2. The van der Waals surface area contributed by atoms with Crippen LogP contribution in [0, 0.1) is 5.82 Å². The molecule has 5 heteroatoms. The van der Waals surface area contributed by atoms with Gasteiger partial charge in [-0.15, -0.1) is 22.7 Å². The highest BCUT2D eigenvalue weighted by Gasteiger charge is 2.19. The van der Waals surface area contributed by atoms with E-state index in [9.17, 15) is 9.18 Å². The van der Waals surface area contributed by atoms with Crippen LogP contribution in [0.25, 0.3) is 20.3 Å². The van der Waals surface area contributed by atoms with Crippen molar-refractivity contribution in [1.29, 1.82) is 0 Å². The summed E-state index contributed by atoms with van der Waals surface area (Å²) in [6.07, 6.45) is 1.59. The average Bonchev–Trinajstić information content (AvgIpc) is 3.11. The number of thiophene rings is 2. The van der Waals surface area contributed by atoms with Gasteiger partial charge in [0, 0.05) is 26.5 Å². The number of nitrogens with one attached hydrogen (secondary N) is 1. The summed E-state index contributed by atoms with van der Waals surface area (Å²) in [6.45, 7) is 0. The van der Waals surface area contributed by atoms with Gasteiger partial charge in [0.1, 0.15) is 5.82 Å². The molecule has 3 heterocycles. The molecule has 0 fully saturated rings. The molecule has 0 aliphatic rings. The second-order valence-electron chi connectivity index (χ2n) is 4.45. The van der Waals surface area contributed by atoms with E-state index in [1.807, 2.05) is 17.5 Å². The van der Waals surface area contributed by atoms with Gasteiger partial charge in [0.2, 0.25) is 5.78 Å². The molecule has 1 N–H and O–H groups in total. The van der Waals surface area contributed by atoms with Crippen LogP contribution in [0.2, 0.25) is 0 Å². The molecule has 0 unspecified atom stereocenters. The van der Waals surface area contributed by atoms with Crippen molar-refractivity contribution in [3.63, 3.8) is 0 Å². The van der Waals surface area contributed by atoms with Gasteiger partial charge in [0.05, 0.1) is 10.4 Å². The fourth-order valence-corrected chi connectivity index (χ4v) is 4.39. The third kappa shape index (κ3) is 1.63. The highest BCUT2D eigenvalue weighted by atomic mass is 32.1. The zero-order valence-corrected chi connectivity index (χ0v) is 11.8. The van der Waals surface area contributed by atoms with E-state index < -0.39 is 0 Å². The first-order chi connectivity index (χ1) is 9.74. The predicted octanol–water partition coefficient (Wildman–Crippen LogP) is 4.81. The zero-order chi connectivity index (χ0) is 13.7. The molecule has 3 aromatic heterocycles. The monoisotopic (exact) mass is 301 g/mol. The van der Waals surface area contributed by atoms with Crippen molar-refractivity contribution in [2.75, 3.05) is 0 Å². The number of fused-ring (bicyclic) bond motifs is 2. The Hall–Kier alpha value is -1.98. The maximum atomic E-state index is 13.9. The lowest BCUT2D eigenvalue weighted by atomic mass is 10.1. The van der Waals surface area contributed by atoms with Gasteiger partial charge in [-0.1, -0.05) is 6.07 Å². The van der Waals surface area contributed by atoms with Crippen molar-refractivity contribution in [2.24, 2.45) is 0 Å². The van der Waals surface area contributed by atoms with Gasteiger partial charge in [-0.05, 0) is 29.6 Å². The molecule has 0 amide bonds. The standard InChI is InChI=1S/C15H8FNOS2/c16-9-2-1-3-10-14(9)8(7-17-10)15(18)13-6-12-11(20-13)4-5-19-12/h1-7,17H. The van der Waals surface area contributed by atoms with Gasteiger partial charge in [0.25, 0.3) is 0 Å². The Morgan fingerprint density at radius 1 is 1.20 bits per heavy atom. The van der Waals surface area contributed by atoms with Crippen LogP contribution < -0.4 is 0 Å². The Balaban J connectivity index is 1.90. The summed E-state index contributed by atoms with van der Waals surface area (Å²) in [5.74, 6) is -0.500. The van der Waals surface area contributed by atoms with Crippen LogP contribution in [0.5, 0.6) is 0 Å². The molecule has 1 aromatic carbocycles. The van der Waals surface area contributed by atoms with Crippen LogP contribution in [-0.4, -0.2) is 10.8 Å². The van der Waals surface area contributed by atoms with Crippen LogP contribution in [0.15, 0.2) is 41.9 Å². The van der Waals surface area contributed by atoms with E-state index in [-0.39, 0.29) is 11.6 Å². The quantitative estimate of drug-likeness (QED) is 0.529. The van der Waals surface area contributed by atoms with Crippen molar-refractivity contribution >= 4 is 48.8 Å². The first-order valence-electron chi connectivity index (χ1n) is 6.01. The van der Waals surface area contributed by atoms with Crippen molar-refractivity contribution in [3.05, 3.63) is 58.2 Å². The molecule has 0 spiro atoms. The van der Waals surface area contributed by atoms with Gasteiger partial charge in [-0.3, -0.25) is 4.79 Å². The molecule has 0 bridgehead atoms. The van der Waals surface area contributed by atoms with Crippen LogP contribution in [0.1, 0.15) is 15.2 Å². The smallest absolute Gasteiger partial charge is 0.205 e. The molecule has 4 aromatic rings. The van der Waals surface area contributed by atoms with Gasteiger partial charge in [-0.2, -0.15) is 0 Å². The minimum atomic E-state index is -0.370. The maximum Gasteiger partial charge on any atom is 0.205 e. The van der Waals surface area contributed by atoms with E-state index in [0.29, 0.717) is 21.3 Å². The number of hydrogen-bond donors (Lipinski definition) is 1. The lowest BCUT2D eigenvalue weighted by molar-refractivity contribution is 0.104. The lowest BCUT2D eigenvalue weighted by Gasteiger charge is -1.97. The van der Waals surface area contributed by atoms with E-state index in [0.717, 1.165) is 9.40 Å². The summed E-state index contributed by atoms with van der Waals surface area (Å²) in [6, 6.07) is 8.65. The van der Waals surface area contributed by atoms with Crippen molar-refractivity contribution < 1.29 is 9.18 Å². The summed E-state index contributed by atoms with van der Waals surface area (Å²) in [5.41, 5.74) is 1.04. The molecule has 0 saturated heterocycles. The van der Waals surface area contributed by atoms with Crippen LogP contribution in [0.3, 0.4) is 0 Å². The average molecular weight is 301 g/mol. The fraction of sp³-hybridized carbons (Fsp3) is 0. The van der Waals surface area contributed by atoms with Crippen molar-refractivity contribution in [3.8, 4) is 0 Å². The summed E-state index contributed by atoms with van der Waals surface area (Å²) >= 11 is 3.06. The van der Waals surface area contributed by atoms with E-state index in [4.69, 9.17) is 0 Å². The number of carbonyl (C=O) groups excluding carboxylic acids is 1. The van der Waals surface area contributed by atoms with Crippen LogP contribution in [0.4, 0.5) is 4.39 Å². The molecule has 20 heavy (non-hydrogen) atoms. The number of aromatic nitrogens is 1. The van der Waals surface area contributed by atoms with E-state index >= 15 is 0 Å². The van der Waals surface area contributed by atoms with Crippen LogP contribution >= 0.6 is 22.7 Å². The second-order valence-corrected chi connectivity index (χ2v) is 6.49. The Morgan fingerprint density at radius 3 is 2.95 bits per heavy atom. The maximum absolute atomic E-state index is 13.9. The van der Waals surface area contributed by atoms with E-state index in [1.54, 1.807) is 29.7 Å². The number of rotatable bonds is 2. The van der Waals surface area contributed by atoms with Gasteiger partial charge in [-0.25, -0.2) is 4.39 Å². The van der Waals surface area contributed by atoms with Crippen LogP contribution in [-0.2, 0) is 0 Å². The van der Waals surface area contributed by atoms with E-state index in [2.05, 4.69) is 4.98 Å². The fourth-order valence-electron chi connectivity index (χ4n) is 2.33. The minimum absolute atomic E-state index is 0.130. The van der Waals surface area contributed by atoms with Gasteiger partial charge < -0.3 is 4.98 Å². The number of ketones is 1. The summed E-state index contributed by atoms with van der Waals surface area (Å²) in [5, 5.41) is 2.37. The molecule has 0 radical (unpaired) electrons. The summed E-state index contributed by atoms with van der Waals surface area (Å²) in [7, 11) is 0. The van der Waals surface area contributed by atoms with Gasteiger partial charge >= 0.3 is 0 Å². The molecule has 0 aliphatic carbocycles. The summed E-state index contributed by atoms with van der Waals surface area (Å²) in [4.78, 5) is 16.2. The third-order valence-corrected chi connectivity index (χ3v) is 5.35. The largest absolute Gasteiger partial charge is 0.360 e. The topological polar surface area (TPSA) is 32.9 Å². The van der Waals surface area contributed by atoms with Crippen molar-refractivity contribution in [2.45, 2.75) is 0 Å². The Labute approximate surface area is 121 Å². The molecule has 0 aliphatic heterocycles. The Kier molecular flexibility index (Phi) is 2.52. The first kappa shape index (κ1) is 11.8. The van der Waals surface area contributed by atoms with E-state index in [1.165, 1.54) is 17.4 Å². The second kappa shape index (κ2) is 4.26. The summed E-state index contributed by atoms with van der Waals surface area (Å²) < 4.78 is 16.1. The number of carbonyl (C=O) groups is 1. The highest BCUT2D eigenvalue weighted by Crippen LogP contribution is 2.32. The number of H-pyrrole nitrogens is 1. The SMILES string of the molecule is O=C(c1cc2sccc2s1)c1c[nH]c2cccc(F)c12. The Morgan fingerprint density at radius 2 is 2.10 bits per heavy atom. The molecular weight excluding hydrogens is 293 g/mol. The predicted molar refractivity (Wildman–Crippen MR) is 81.4 cm³/mol. The third-order valence-electron chi connectivity index (χ3n) is 3.26. The van der Waals surface area contributed by atoms with Crippen molar-refractivity contribution in [1.82, 2.24) is 4.98 Å². The van der Waals surface area contributed by atoms with Gasteiger partial charge in [0.15, 0.2) is 0 Å². The molecule has 98 valence electrons. The zero-order valence-electron chi connectivity index (χ0n) is 10.1. The lowest BCUT2D eigenvalue weighted by Crippen LogP contribution is -1.97. The number of benzene rings is 1. The molecule has 0 saturated carbocycles. The highest BCUT2D eigenvalue weighted by molar-refractivity contribution is 7.28. The molecule has 4 rings (SSSR count). The minimum Gasteiger partial charge on any atom is -0.360 e. The number of aromatic amines is 1. The number of halogens is 1. The number of hydrogen-bond acceptors (Lipinski definition) is 3.